The van der Waals surface area contributed by atoms with Crippen LogP contribution in [0, 0.1) is 0 Å². The van der Waals surface area contributed by atoms with E-state index in [0.717, 1.165) is 71.0 Å². The summed E-state index contributed by atoms with van der Waals surface area (Å²) in [5.41, 5.74) is 0. The minimum absolute atomic E-state index is 0.779. The molecule has 0 unspecified atom stereocenters. The minimum atomic E-state index is -1.97. The van der Waals surface area contributed by atoms with Gasteiger partial charge in [-0.1, -0.05) is 79.1 Å². The summed E-state index contributed by atoms with van der Waals surface area (Å²) < 4.78 is 12.6. The quantitative estimate of drug-likeness (QED) is 0.330. The first-order valence-corrected chi connectivity index (χ1v) is 14.8. The molecular weight excluding hydrogens is 379 g/mol. The van der Waals surface area contributed by atoms with E-state index in [1.54, 1.807) is 0 Å². The van der Waals surface area contributed by atoms with E-state index in [2.05, 4.69) is 48.5 Å². The zero-order valence-corrected chi connectivity index (χ0v) is 21.1. The van der Waals surface area contributed by atoms with Gasteiger partial charge in [0.15, 0.2) is 0 Å². The summed E-state index contributed by atoms with van der Waals surface area (Å²) >= 11 is 0. The predicted molar refractivity (Wildman–Crippen MR) is 132 cm³/mol. The molecule has 29 heavy (non-hydrogen) atoms. The van der Waals surface area contributed by atoms with E-state index in [1.165, 1.54) is 51.4 Å². The Balaban J connectivity index is 0.000000665. The third-order valence-corrected chi connectivity index (χ3v) is 8.95. The Morgan fingerprint density at radius 3 is 1.38 bits per heavy atom. The van der Waals surface area contributed by atoms with E-state index in [4.69, 9.17) is 0 Å². The van der Waals surface area contributed by atoms with Gasteiger partial charge in [0.1, 0.15) is 7.14 Å². The fourth-order valence-electron chi connectivity index (χ4n) is 3.45. The van der Waals surface area contributed by atoms with E-state index in [0.29, 0.717) is 0 Å². The maximum Gasteiger partial charge on any atom is 0.100 e. The summed E-state index contributed by atoms with van der Waals surface area (Å²) in [4.78, 5) is 2.36. The van der Waals surface area contributed by atoms with Crippen molar-refractivity contribution < 1.29 is 4.57 Å². The van der Waals surface area contributed by atoms with Crippen LogP contribution in [0.25, 0.3) is 0 Å². The molecule has 1 aliphatic rings. The smallest absolute Gasteiger partial charge is 0.100 e. The van der Waals surface area contributed by atoms with Crippen LogP contribution in [-0.2, 0) is 4.57 Å². The fraction of sp³-hybridized carbons (Fsp3) is 1.00. The van der Waals surface area contributed by atoms with Gasteiger partial charge in [-0.15, -0.1) is 0 Å². The van der Waals surface area contributed by atoms with Crippen LogP contribution in [0.5, 0.6) is 0 Å². The van der Waals surface area contributed by atoms with Crippen molar-refractivity contribution in [1.82, 2.24) is 20.9 Å². The largest absolute Gasteiger partial charge is 0.322 e. The lowest BCUT2D eigenvalue weighted by Gasteiger charge is -2.27. The third kappa shape index (κ3) is 18.5. The second-order valence-corrected chi connectivity index (χ2v) is 12.0. The Morgan fingerprint density at radius 2 is 1.00 bits per heavy atom. The van der Waals surface area contributed by atoms with E-state index < -0.39 is 7.14 Å². The normalized spacial score (nSPS) is 17.7. The molecule has 0 atom stereocenters. The highest BCUT2D eigenvalue weighted by atomic mass is 31.2. The van der Waals surface area contributed by atoms with Crippen molar-refractivity contribution in [1.29, 1.82) is 0 Å². The summed E-state index contributed by atoms with van der Waals surface area (Å²) in [6.45, 7) is 16.7. The Morgan fingerprint density at radius 1 is 0.621 bits per heavy atom. The lowest BCUT2D eigenvalue weighted by Crippen LogP contribution is -2.42. The zero-order chi connectivity index (χ0) is 21.6. The van der Waals surface area contributed by atoms with Crippen molar-refractivity contribution in [3.63, 3.8) is 0 Å². The molecule has 0 aromatic carbocycles. The molecule has 0 spiro atoms. The van der Waals surface area contributed by atoms with E-state index in [-0.39, 0.29) is 0 Å². The highest BCUT2D eigenvalue weighted by molar-refractivity contribution is 7.63. The van der Waals surface area contributed by atoms with Crippen LogP contribution in [0.4, 0.5) is 0 Å². The van der Waals surface area contributed by atoms with Crippen molar-refractivity contribution in [2.45, 2.75) is 79.1 Å². The van der Waals surface area contributed by atoms with E-state index >= 15 is 0 Å². The molecule has 0 radical (unpaired) electrons. The number of rotatable bonds is 11. The van der Waals surface area contributed by atoms with Gasteiger partial charge in [-0.2, -0.15) is 0 Å². The van der Waals surface area contributed by atoms with Gasteiger partial charge in [-0.25, -0.2) is 0 Å². The number of nitrogens with one attached hydrogen (secondary N) is 3. The molecule has 0 aromatic rings. The minimum Gasteiger partial charge on any atom is -0.322 e. The number of nitrogens with zero attached hydrogens (tertiary/aromatic N) is 1. The van der Waals surface area contributed by atoms with Crippen LogP contribution in [0.3, 0.4) is 0 Å². The summed E-state index contributed by atoms with van der Waals surface area (Å²) in [6, 6.07) is 0. The molecule has 3 N–H and O–H groups in total. The second-order valence-electron chi connectivity index (χ2n) is 8.32. The molecule has 1 heterocycles. The molecule has 1 rings (SSSR count). The van der Waals surface area contributed by atoms with Gasteiger partial charge in [0.05, 0.1) is 6.29 Å². The van der Waals surface area contributed by atoms with E-state index in [1.807, 2.05) is 0 Å². The van der Waals surface area contributed by atoms with Gasteiger partial charge < -0.3 is 20.5 Å². The maximum absolute atomic E-state index is 12.6. The standard InChI is InChI=1S/C13H31N4OP.C10H22/c1-3-19(18,4-2)13-17-11-9-15-7-5-14-6-8-16-10-12-17;1-3-5-7-9-10-8-6-4-2/h14-16H,3-13H2,1-2H3;3-10H2,1-2H3. The molecule has 0 bridgehead atoms. The molecule has 5 nitrogen and oxygen atoms in total. The highest BCUT2D eigenvalue weighted by Crippen LogP contribution is 2.44. The van der Waals surface area contributed by atoms with Gasteiger partial charge in [0.25, 0.3) is 0 Å². The molecule has 1 saturated heterocycles. The summed E-state index contributed by atoms with van der Waals surface area (Å²) in [6.07, 6.45) is 13.9. The van der Waals surface area contributed by atoms with Crippen molar-refractivity contribution in [3.05, 3.63) is 0 Å². The Kier molecular flexibility index (Phi) is 21.4. The van der Waals surface area contributed by atoms with Crippen LogP contribution in [0.1, 0.15) is 79.1 Å². The first kappa shape index (κ1) is 29.1. The number of hydrogen-bond donors (Lipinski definition) is 3. The van der Waals surface area contributed by atoms with Crippen LogP contribution in [0.2, 0.25) is 0 Å². The monoisotopic (exact) mass is 432 g/mol. The molecule has 0 saturated carbocycles. The van der Waals surface area contributed by atoms with Gasteiger partial charge >= 0.3 is 0 Å². The van der Waals surface area contributed by atoms with Crippen molar-refractivity contribution in [3.8, 4) is 0 Å². The first-order chi connectivity index (χ1) is 14.1. The van der Waals surface area contributed by atoms with Crippen molar-refractivity contribution in [2.75, 3.05) is 71.0 Å². The van der Waals surface area contributed by atoms with Crippen LogP contribution in [-0.4, -0.2) is 75.9 Å². The molecule has 0 amide bonds. The molecular formula is C23H53N4OP. The SMILES string of the molecule is CCCCCCCCCC.CCP(=O)(CC)CN1CCNCCNCCNCC1. The van der Waals surface area contributed by atoms with Crippen LogP contribution < -0.4 is 16.0 Å². The molecule has 1 fully saturated rings. The second kappa shape index (κ2) is 21.3. The third-order valence-electron chi connectivity index (χ3n) is 5.73. The first-order valence-electron chi connectivity index (χ1n) is 12.5. The van der Waals surface area contributed by atoms with Gasteiger partial charge in [-0.05, 0) is 12.3 Å². The summed E-state index contributed by atoms with van der Waals surface area (Å²) in [5, 5.41) is 10.3. The summed E-state index contributed by atoms with van der Waals surface area (Å²) in [5.74, 6) is 0. The highest BCUT2D eigenvalue weighted by Gasteiger charge is 2.20. The predicted octanol–water partition coefficient (Wildman–Crippen LogP) is 4.58. The Hall–Kier alpha value is 0.0700. The van der Waals surface area contributed by atoms with Gasteiger partial charge in [0, 0.05) is 52.4 Å². The fourth-order valence-corrected chi connectivity index (χ4v) is 5.31. The average molecular weight is 433 g/mol. The molecule has 6 heteroatoms. The van der Waals surface area contributed by atoms with Gasteiger partial charge in [-0.3, -0.25) is 4.90 Å². The zero-order valence-electron chi connectivity index (χ0n) is 20.2. The van der Waals surface area contributed by atoms with Crippen molar-refractivity contribution in [2.24, 2.45) is 0 Å². The topological polar surface area (TPSA) is 56.4 Å². The van der Waals surface area contributed by atoms with Crippen molar-refractivity contribution >= 4 is 7.14 Å². The number of unbranched alkanes of at least 4 members (excludes halogenated alkanes) is 7. The molecule has 0 aromatic heterocycles. The lowest BCUT2D eigenvalue weighted by molar-refractivity contribution is 0.307. The lowest BCUT2D eigenvalue weighted by atomic mass is 10.1. The molecule has 1 aliphatic heterocycles. The van der Waals surface area contributed by atoms with E-state index in [9.17, 15) is 4.57 Å². The molecule has 176 valence electrons. The molecule has 0 aliphatic carbocycles. The van der Waals surface area contributed by atoms with Crippen LogP contribution >= 0.6 is 7.14 Å². The van der Waals surface area contributed by atoms with Crippen LogP contribution in [0.15, 0.2) is 0 Å². The Labute approximate surface area is 182 Å². The Bertz CT molecular complexity index is 354. The maximum atomic E-state index is 12.6. The number of hydrogen-bond acceptors (Lipinski definition) is 5. The average Bonchev–Trinajstić information content (AvgIpc) is 2.73. The summed E-state index contributed by atoms with van der Waals surface area (Å²) in [7, 11) is -1.97. The van der Waals surface area contributed by atoms with Gasteiger partial charge in [0.2, 0.25) is 0 Å².